The van der Waals surface area contributed by atoms with Crippen molar-refractivity contribution < 1.29 is 14.7 Å². The van der Waals surface area contributed by atoms with Crippen LogP contribution in [-0.2, 0) is 4.79 Å². The number of urea groups is 1. The third-order valence-corrected chi connectivity index (χ3v) is 3.52. The molecule has 2 amide bonds. The summed E-state index contributed by atoms with van der Waals surface area (Å²) in [5, 5.41) is 11.4. The maximum absolute atomic E-state index is 12.1. The third kappa shape index (κ3) is 4.63. The molecule has 5 nitrogen and oxygen atoms in total. The van der Waals surface area contributed by atoms with Crippen molar-refractivity contribution in [2.75, 3.05) is 18.4 Å². The second-order valence-corrected chi connectivity index (χ2v) is 5.42. The quantitative estimate of drug-likeness (QED) is 0.840. The lowest BCUT2D eigenvalue weighted by Gasteiger charge is -2.30. The van der Waals surface area contributed by atoms with Crippen molar-refractivity contribution in [1.82, 2.24) is 4.90 Å². The molecule has 0 aliphatic carbocycles. The zero-order chi connectivity index (χ0) is 15.2. The number of benzene rings is 1. The highest BCUT2D eigenvalue weighted by Crippen LogP contribution is 2.17. The number of aliphatic carboxylic acids is 1. The molecule has 0 bridgehead atoms. The fourth-order valence-corrected chi connectivity index (χ4v) is 2.42. The van der Waals surface area contributed by atoms with Crippen LogP contribution in [0.15, 0.2) is 30.3 Å². The van der Waals surface area contributed by atoms with Crippen molar-refractivity contribution in [2.24, 2.45) is 5.92 Å². The van der Waals surface area contributed by atoms with Gasteiger partial charge in [-0.25, -0.2) is 9.59 Å². The molecule has 2 N–H and O–H groups in total. The molecule has 112 valence electrons. The molecule has 1 aliphatic rings. The van der Waals surface area contributed by atoms with Gasteiger partial charge in [-0.3, -0.25) is 0 Å². The molecular formula is C16H20N2O3. The van der Waals surface area contributed by atoms with Crippen molar-refractivity contribution in [2.45, 2.75) is 19.8 Å². The molecule has 21 heavy (non-hydrogen) atoms. The lowest BCUT2D eigenvalue weighted by molar-refractivity contribution is -0.131. The molecule has 0 aromatic heterocycles. The summed E-state index contributed by atoms with van der Waals surface area (Å²) in [6.45, 7) is 3.75. The monoisotopic (exact) mass is 288 g/mol. The Morgan fingerprint density at radius 1 is 1.33 bits per heavy atom. The fraction of sp³-hybridized carbons (Fsp3) is 0.375. The Kier molecular flexibility index (Phi) is 4.98. The van der Waals surface area contributed by atoms with Gasteiger partial charge >= 0.3 is 12.0 Å². The summed E-state index contributed by atoms with van der Waals surface area (Å²) < 4.78 is 0. The maximum atomic E-state index is 12.1. The minimum Gasteiger partial charge on any atom is -0.478 e. The van der Waals surface area contributed by atoms with Crippen molar-refractivity contribution in [1.29, 1.82) is 0 Å². The van der Waals surface area contributed by atoms with Gasteiger partial charge in [0.1, 0.15) is 0 Å². The molecule has 0 saturated carbocycles. The predicted molar refractivity (Wildman–Crippen MR) is 82.1 cm³/mol. The summed E-state index contributed by atoms with van der Waals surface area (Å²) in [5.41, 5.74) is 1.49. The van der Waals surface area contributed by atoms with Gasteiger partial charge in [0.05, 0.1) is 0 Å². The van der Waals surface area contributed by atoms with Gasteiger partial charge in [0, 0.05) is 24.9 Å². The van der Waals surface area contributed by atoms with Crippen LogP contribution in [-0.4, -0.2) is 35.1 Å². The van der Waals surface area contributed by atoms with Gasteiger partial charge in [-0.15, -0.1) is 0 Å². The molecule has 5 heteroatoms. The van der Waals surface area contributed by atoms with Gasteiger partial charge in [0.15, 0.2) is 0 Å². The molecule has 0 radical (unpaired) electrons. The number of amides is 2. The van der Waals surface area contributed by atoms with Crippen LogP contribution in [0, 0.1) is 5.92 Å². The average Bonchev–Trinajstić information content (AvgIpc) is 2.46. The van der Waals surface area contributed by atoms with E-state index in [9.17, 15) is 9.59 Å². The highest BCUT2D eigenvalue weighted by molar-refractivity contribution is 5.89. The first kappa shape index (κ1) is 15.1. The number of piperidine rings is 1. The summed E-state index contributed by atoms with van der Waals surface area (Å²) in [6.07, 6.45) is 4.82. The highest BCUT2D eigenvalue weighted by atomic mass is 16.4. The Morgan fingerprint density at radius 2 is 2.05 bits per heavy atom. The smallest absolute Gasteiger partial charge is 0.328 e. The van der Waals surface area contributed by atoms with Gasteiger partial charge in [0.2, 0.25) is 0 Å². The van der Waals surface area contributed by atoms with Crippen molar-refractivity contribution >= 4 is 23.8 Å². The molecule has 2 rings (SSSR count). The van der Waals surface area contributed by atoms with Crippen LogP contribution < -0.4 is 5.32 Å². The topological polar surface area (TPSA) is 69.6 Å². The molecule has 1 heterocycles. The molecule has 0 spiro atoms. The van der Waals surface area contributed by atoms with E-state index in [0.29, 0.717) is 11.6 Å². The number of hydrogen-bond donors (Lipinski definition) is 2. The Morgan fingerprint density at radius 3 is 2.67 bits per heavy atom. The molecule has 1 saturated heterocycles. The normalized spacial score (nSPS) is 18.7. The number of carboxylic acids is 1. The summed E-state index contributed by atoms with van der Waals surface area (Å²) in [4.78, 5) is 24.4. The van der Waals surface area contributed by atoms with Gasteiger partial charge in [0.25, 0.3) is 0 Å². The predicted octanol–water partition coefficient (Wildman–Crippen LogP) is 3.05. The van der Waals surface area contributed by atoms with Gasteiger partial charge < -0.3 is 15.3 Å². The number of hydrogen-bond acceptors (Lipinski definition) is 2. The van der Waals surface area contributed by atoms with Crippen molar-refractivity contribution in [3.8, 4) is 0 Å². The number of likely N-dealkylation sites (tertiary alicyclic amines) is 1. The molecular weight excluding hydrogens is 268 g/mol. The van der Waals surface area contributed by atoms with Crippen LogP contribution in [0.2, 0.25) is 0 Å². The summed E-state index contributed by atoms with van der Waals surface area (Å²) in [7, 11) is 0. The van der Waals surface area contributed by atoms with E-state index in [0.717, 1.165) is 31.1 Å². The van der Waals surface area contributed by atoms with Crippen LogP contribution in [0.25, 0.3) is 6.08 Å². The number of rotatable bonds is 3. The average molecular weight is 288 g/mol. The van der Waals surface area contributed by atoms with E-state index in [1.165, 1.54) is 12.5 Å². The number of anilines is 1. The highest BCUT2D eigenvalue weighted by Gasteiger charge is 2.20. The summed E-state index contributed by atoms with van der Waals surface area (Å²) in [6, 6.07) is 7.01. The van der Waals surface area contributed by atoms with E-state index < -0.39 is 5.97 Å². The van der Waals surface area contributed by atoms with E-state index in [2.05, 4.69) is 12.2 Å². The van der Waals surface area contributed by atoms with Crippen molar-refractivity contribution in [3.05, 3.63) is 35.9 Å². The first-order chi connectivity index (χ1) is 10.0. The summed E-state index contributed by atoms with van der Waals surface area (Å²) >= 11 is 0. The number of carboxylic acid groups (broad SMARTS) is 1. The largest absolute Gasteiger partial charge is 0.478 e. The second-order valence-electron chi connectivity index (χ2n) is 5.42. The Balaban J connectivity index is 1.93. The van der Waals surface area contributed by atoms with Crippen LogP contribution >= 0.6 is 0 Å². The fourth-order valence-electron chi connectivity index (χ4n) is 2.42. The standard InChI is InChI=1S/C16H20N2O3/c1-12-3-2-10-18(11-12)16(21)17-14-7-4-13(5-8-14)6-9-15(19)20/h4-9,12H,2-3,10-11H2,1H3,(H,17,21)(H,19,20). The molecule has 1 aromatic carbocycles. The van der Waals surface area contributed by atoms with Gasteiger partial charge in [-0.2, -0.15) is 0 Å². The molecule has 1 fully saturated rings. The minimum atomic E-state index is -0.980. The zero-order valence-electron chi connectivity index (χ0n) is 12.1. The number of carbonyl (C=O) groups excluding carboxylic acids is 1. The zero-order valence-corrected chi connectivity index (χ0v) is 12.1. The van der Waals surface area contributed by atoms with E-state index in [-0.39, 0.29) is 6.03 Å². The van der Waals surface area contributed by atoms with E-state index >= 15 is 0 Å². The first-order valence-corrected chi connectivity index (χ1v) is 7.11. The van der Waals surface area contributed by atoms with Crippen LogP contribution in [0.5, 0.6) is 0 Å². The SMILES string of the molecule is CC1CCCN(C(=O)Nc2ccc(C=CC(=O)O)cc2)C1. The van der Waals surface area contributed by atoms with Crippen molar-refractivity contribution in [3.63, 3.8) is 0 Å². The third-order valence-electron chi connectivity index (χ3n) is 3.52. The minimum absolute atomic E-state index is 0.0737. The van der Waals surface area contributed by atoms with E-state index in [4.69, 9.17) is 5.11 Å². The number of nitrogens with one attached hydrogen (secondary N) is 1. The van der Waals surface area contributed by atoms with E-state index in [1.807, 2.05) is 4.90 Å². The molecule has 1 aliphatic heterocycles. The van der Waals surface area contributed by atoms with E-state index in [1.54, 1.807) is 24.3 Å². The summed E-state index contributed by atoms with van der Waals surface area (Å²) in [5.74, 6) is -0.431. The Bertz CT molecular complexity index is 537. The van der Waals surface area contributed by atoms with Gasteiger partial charge in [-0.05, 0) is 42.5 Å². The molecule has 1 atom stereocenters. The first-order valence-electron chi connectivity index (χ1n) is 7.11. The number of carbonyl (C=O) groups is 2. The molecule has 1 unspecified atom stereocenters. The maximum Gasteiger partial charge on any atom is 0.328 e. The number of nitrogens with zero attached hydrogens (tertiary/aromatic N) is 1. The van der Waals surface area contributed by atoms with Crippen LogP contribution in [0.4, 0.5) is 10.5 Å². The van der Waals surface area contributed by atoms with Crippen LogP contribution in [0.1, 0.15) is 25.3 Å². The van der Waals surface area contributed by atoms with Crippen LogP contribution in [0.3, 0.4) is 0 Å². The second kappa shape index (κ2) is 6.92. The lowest BCUT2D eigenvalue weighted by atomic mass is 10.0. The Labute approximate surface area is 124 Å². The molecule has 1 aromatic rings. The lowest BCUT2D eigenvalue weighted by Crippen LogP contribution is -2.41. The van der Waals surface area contributed by atoms with Gasteiger partial charge in [-0.1, -0.05) is 19.1 Å². The Hall–Kier alpha value is -2.30.